The van der Waals surface area contributed by atoms with Crippen molar-refractivity contribution in [2.24, 2.45) is 17.8 Å². The summed E-state index contributed by atoms with van der Waals surface area (Å²) in [7, 11) is -5.10. The van der Waals surface area contributed by atoms with Gasteiger partial charge in [0.05, 0.1) is 6.61 Å². The minimum atomic E-state index is -5.10. The first-order chi connectivity index (χ1) is 8.22. The summed E-state index contributed by atoms with van der Waals surface area (Å²) in [5.74, 6) is -0.172. The Morgan fingerprint density at radius 3 is 2.56 bits per heavy atom. The molecule has 4 unspecified atom stereocenters. The van der Waals surface area contributed by atoms with Crippen LogP contribution in [0.4, 0.5) is 4.39 Å². The molecule has 104 valence electrons. The van der Waals surface area contributed by atoms with Gasteiger partial charge in [0.2, 0.25) is 0 Å². The molecule has 0 spiro atoms. The molecule has 2 rings (SSSR count). The number of carbonyl (C=O) groups is 1. The van der Waals surface area contributed by atoms with Crippen molar-refractivity contribution in [3.8, 4) is 0 Å². The smallest absolute Gasteiger partial charge is 0.362 e. The van der Waals surface area contributed by atoms with Crippen LogP contribution < -0.4 is 0 Å². The van der Waals surface area contributed by atoms with E-state index in [4.69, 9.17) is 9.29 Å². The van der Waals surface area contributed by atoms with Crippen molar-refractivity contribution in [2.45, 2.75) is 37.6 Å². The maximum Gasteiger partial charge on any atom is 0.362 e. The number of carbonyl (C=O) groups excluding carboxylic acids is 1. The molecular weight excluding hydrogens is 263 g/mol. The van der Waals surface area contributed by atoms with Crippen molar-refractivity contribution in [1.29, 1.82) is 0 Å². The fourth-order valence-electron chi connectivity index (χ4n) is 3.00. The number of hydrogen-bond acceptors (Lipinski definition) is 4. The highest BCUT2D eigenvalue weighted by Gasteiger charge is 2.49. The third-order valence-electron chi connectivity index (χ3n) is 4.16. The second-order valence-corrected chi connectivity index (χ2v) is 7.14. The standard InChI is InChI=1S/C11H17FO5S/c1-11(12,18(14,15)16)10(13)17-6-9-5-7-2-3-8(9)4-7/h7-9H,2-6H2,1H3,(H,14,15,16). The van der Waals surface area contributed by atoms with Gasteiger partial charge in [-0.05, 0) is 43.9 Å². The zero-order valence-corrected chi connectivity index (χ0v) is 11.0. The van der Waals surface area contributed by atoms with Crippen LogP contribution in [-0.2, 0) is 19.6 Å². The van der Waals surface area contributed by atoms with Crippen LogP contribution in [0.25, 0.3) is 0 Å². The average Bonchev–Trinajstić information content (AvgIpc) is 2.85. The lowest BCUT2D eigenvalue weighted by atomic mass is 9.90. The van der Waals surface area contributed by atoms with Gasteiger partial charge in [-0.15, -0.1) is 0 Å². The van der Waals surface area contributed by atoms with Gasteiger partial charge < -0.3 is 4.74 Å². The maximum absolute atomic E-state index is 13.5. The molecule has 7 heteroatoms. The lowest BCUT2D eigenvalue weighted by molar-refractivity contribution is -0.153. The lowest BCUT2D eigenvalue weighted by Gasteiger charge is -2.23. The van der Waals surface area contributed by atoms with E-state index >= 15 is 0 Å². The first-order valence-electron chi connectivity index (χ1n) is 6.05. The van der Waals surface area contributed by atoms with Crippen molar-refractivity contribution >= 4 is 16.1 Å². The molecule has 2 bridgehead atoms. The van der Waals surface area contributed by atoms with E-state index in [1.807, 2.05) is 0 Å². The minimum Gasteiger partial charge on any atom is -0.462 e. The van der Waals surface area contributed by atoms with E-state index in [0.29, 0.717) is 18.8 Å². The van der Waals surface area contributed by atoms with Crippen molar-refractivity contribution < 1.29 is 26.9 Å². The maximum atomic E-state index is 13.5. The number of rotatable bonds is 4. The number of ether oxygens (including phenoxy) is 1. The Balaban J connectivity index is 1.89. The van der Waals surface area contributed by atoms with E-state index in [1.165, 1.54) is 6.42 Å². The van der Waals surface area contributed by atoms with Crippen molar-refractivity contribution in [2.75, 3.05) is 6.61 Å². The number of esters is 1. The van der Waals surface area contributed by atoms with Gasteiger partial charge in [-0.25, -0.2) is 9.18 Å². The Bertz CT molecular complexity index is 444. The molecule has 0 aromatic carbocycles. The van der Waals surface area contributed by atoms with E-state index in [2.05, 4.69) is 0 Å². The summed E-state index contributed by atoms with van der Waals surface area (Å²) < 4.78 is 48.3. The van der Waals surface area contributed by atoms with Crippen molar-refractivity contribution in [1.82, 2.24) is 0 Å². The van der Waals surface area contributed by atoms with Crippen LogP contribution in [0, 0.1) is 17.8 Å². The predicted octanol–water partition coefficient (Wildman–Crippen LogP) is 1.54. The Hall–Kier alpha value is -0.690. The number of alkyl halides is 1. The molecular formula is C11H17FO5S. The Morgan fingerprint density at radius 2 is 2.11 bits per heavy atom. The summed E-state index contributed by atoms with van der Waals surface area (Å²) in [5, 5.41) is -3.38. The number of halogens is 1. The summed E-state index contributed by atoms with van der Waals surface area (Å²) in [4.78, 5) is 11.3. The molecule has 2 saturated carbocycles. The largest absolute Gasteiger partial charge is 0.462 e. The van der Waals surface area contributed by atoms with Gasteiger partial charge in [-0.3, -0.25) is 4.55 Å². The third-order valence-corrected chi connectivity index (χ3v) is 5.30. The van der Waals surface area contributed by atoms with E-state index in [-0.39, 0.29) is 12.5 Å². The normalized spacial score (nSPS) is 34.3. The first kappa shape index (κ1) is 13.7. The molecule has 0 amide bonds. The molecule has 2 aliphatic carbocycles. The fourth-order valence-corrected chi connectivity index (χ4v) is 3.27. The Kier molecular flexibility index (Phi) is 3.40. The molecule has 0 aliphatic heterocycles. The van der Waals surface area contributed by atoms with E-state index in [1.54, 1.807) is 0 Å². The molecule has 0 aromatic rings. The number of hydrogen-bond donors (Lipinski definition) is 1. The summed E-state index contributed by atoms with van der Waals surface area (Å²) >= 11 is 0. The highest BCUT2D eigenvalue weighted by Crippen LogP contribution is 2.48. The lowest BCUT2D eigenvalue weighted by Crippen LogP contribution is -2.41. The third kappa shape index (κ3) is 2.38. The minimum absolute atomic E-state index is 0.0367. The second kappa shape index (κ2) is 4.45. The zero-order chi connectivity index (χ0) is 13.6. The van der Waals surface area contributed by atoms with Crippen molar-refractivity contribution in [3.63, 3.8) is 0 Å². The molecule has 1 N–H and O–H groups in total. The van der Waals surface area contributed by atoms with Crippen LogP contribution in [0.2, 0.25) is 0 Å². The summed E-state index contributed by atoms with van der Waals surface area (Å²) in [6.07, 6.45) is 4.36. The van der Waals surface area contributed by atoms with Crippen LogP contribution in [0.1, 0.15) is 32.6 Å². The van der Waals surface area contributed by atoms with Gasteiger partial charge in [-0.2, -0.15) is 8.42 Å². The topological polar surface area (TPSA) is 80.7 Å². The van der Waals surface area contributed by atoms with Crippen LogP contribution in [0.15, 0.2) is 0 Å². The highest BCUT2D eigenvalue weighted by atomic mass is 32.2. The van der Waals surface area contributed by atoms with Gasteiger partial charge in [0.15, 0.2) is 0 Å². The number of fused-ring (bicyclic) bond motifs is 2. The van der Waals surface area contributed by atoms with Gasteiger partial charge in [0, 0.05) is 0 Å². The zero-order valence-electron chi connectivity index (χ0n) is 10.1. The Labute approximate surface area is 105 Å². The molecule has 4 atom stereocenters. The van der Waals surface area contributed by atoms with Gasteiger partial charge in [0.25, 0.3) is 0 Å². The summed E-state index contributed by atoms with van der Waals surface area (Å²) in [6, 6.07) is 0. The molecule has 2 fully saturated rings. The molecule has 18 heavy (non-hydrogen) atoms. The monoisotopic (exact) mass is 280 g/mol. The van der Waals surface area contributed by atoms with E-state index in [9.17, 15) is 17.6 Å². The fraction of sp³-hybridized carbons (Fsp3) is 0.909. The average molecular weight is 280 g/mol. The molecule has 0 aromatic heterocycles. The molecule has 5 nitrogen and oxygen atoms in total. The van der Waals surface area contributed by atoms with E-state index in [0.717, 1.165) is 19.3 Å². The molecule has 0 heterocycles. The van der Waals surface area contributed by atoms with E-state index < -0.39 is 21.1 Å². The van der Waals surface area contributed by atoms with Crippen LogP contribution in [-0.4, -0.2) is 30.5 Å². The predicted molar refractivity (Wildman–Crippen MR) is 61.0 cm³/mol. The SMILES string of the molecule is CC(F)(C(=O)OCC1CC2CCC1C2)S(=O)(=O)O. The van der Waals surface area contributed by atoms with Gasteiger partial charge in [-0.1, -0.05) is 6.42 Å². The quantitative estimate of drug-likeness (QED) is 0.624. The second-order valence-electron chi connectivity index (χ2n) is 5.43. The van der Waals surface area contributed by atoms with Gasteiger partial charge in [0.1, 0.15) is 0 Å². The van der Waals surface area contributed by atoms with Crippen LogP contribution in [0.5, 0.6) is 0 Å². The summed E-state index contributed by atoms with van der Waals surface area (Å²) in [6.45, 7) is 0.528. The van der Waals surface area contributed by atoms with Crippen LogP contribution >= 0.6 is 0 Å². The van der Waals surface area contributed by atoms with Crippen molar-refractivity contribution in [3.05, 3.63) is 0 Å². The van der Waals surface area contributed by atoms with Gasteiger partial charge >= 0.3 is 21.1 Å². The molecule has 2 aliphatic rings. The first-order valence-corrected chi connectivity index (χ1v) is 7.49. The molecule has 0 saturated heterocycles. The summed E-state index contributed by atoms with van der Waals surface area (Å²) in [5.41, 5.74) is 0. The highest BCUT2D eigenvalue weighted by molar-refractivity contribution is 7.87. The Morgan fingerprint density at radius 1 is 1.44 bits per heavy atom. The molecule has 0 radical (unpaired) electrons. The van der Waals surface area contributed by atoms with Crippen LogP contribution in [0.3, 0.4) is 0 Å².